The highest BCUT2D eigenvalue weighted by Gasteiger charge is 2.21. The monoisotopic (exact) mass is 350 g/mol. The van der Waals surface area contributed by atoms with E-state index in [4.69, 9.17) is 22.1 Å². The first-order chi connectivity index (χ1) is 11.4. The molecule has 0 fully saturated rings. The molecular weight excluding hydrogens is 335 g/mol. The van der Waals surface area contributed by atoms with Crippen LogP contribution in [-0.2, 0) is 11.2 Å². The maximum atomic E-state index is 13.6. The van der Waals surface area contributed by atoms with E-state index in [1.807, 2.05) is 0 Å². The standard InChI is InChI=1S/C17H16ClFN2O3/c1-24-15-7-6-10(8-12(15)18)9-14(16(20)22)21-17(23)11-4-2-3-5-13(11)19/h2-8,14H,9H2,1H3,(H2,20,22)(H,21,23)/t14-/m0/s1. The first kappa shape index (κ1) is 17.7. The molecule has 2 rings (SSSR count). The molecular formula is C17H16ClFN2O3. The Kier molecular flexibility index (Phi) is 5.76. The molecule has 0 aliphatic carbocycles. The molecule has 0 radical (unpaired) electrons. The highest BCUT2D eigenvalue weighted by molar-refractivity contribution is 6.32. The van der Waals surface area contributed by atoms with Crippen molar-refractivity contribution in [2.75, 3.05) is 7.11 Å². The molecule has 2 aromatic rings. The predicted molar refractivity (Wildman–Crippen MR) is 88.6 cm³/mol. The van der Waals surface area contributed by atoms with Crippen molar-refractivity contribution in [1.29, 1.82) is 0 Å². The molecule has 0 unspecified atom stereocenters. The van der Waals surface area contributed by atoms with Crippen LogP contribution in [0.3, 0.4) is 0 Å². The molecule has 2 aromatic carbocycles. The van der Waals surface area contributed by atoms with Gasteiger partial charge in [0.1, 0.15) is 17.6 Å². The number of carbonyl (C=O) groups excluding carboxylic acids is 2. The van der Waals surface area contributed by atoms with Gasteiger partial charge in [0.15, 0.2) is 0 Å². The average Bonchev–Trinajstić information content (AvgIpc) is 2.54. The van der Waals surface area contributed by atoms with Crippen molar-refractivity contribution in [3.63, 3.8) is 0 Å². The van der Waals surface area contributed by atoms with Crippen molar-refractivity contribution in [2.24, 2.45) is 5.73 Å². The van der Waals surface area contributed by atoms with E-state index in [9.17, 15) is 14.0 Å². The number of primary amides is 1. The van der Waals surface area contributed by atoms with Gasteiger partial charge in [-0.3, -0.25) is 9.59 Å². The predicted octanol–water partition coefficient (Wildman–Crippen LogP) is 2.31. The maximum Gasteiger partial charge on any atom is 0.254 e. The molecule has 2 amide bonds. The summed E-state index contributed by atoms with van der Waals surface area (Å²) in [4.78, 5) is 23.8. The quantitative estimate of drug-likeness (QED) is 0.838. The van der Waals surface area contributed by atoms with E-state index in [0.29, 0.717) is 16.3 Å². The van der Waals surface area contributed by atoms with Gasteiger partial charge in [-0.25, -0.2) is 4.39 Å². The Morgan fingerprint density at radius 1 is 1.29 bits per heavy atom. The summed E-state index contributed by atoms with van der Waals surface area (Å²) < 4.78 is 18.7. The number of carbonyl (C=O) groups is 2. The second kappa shape index (κ2) is 7.79. The fraction of sp³-hybridized carbons (Fsp3) is 0.176. The van der Waals surface area contributed by atoms with Crippen molar-refractivity contribution in [2.45, 2.75) is 12.5 Å². The Labute approximate surface area is 143 Å². The molecule has 7 heteroatoms. The molecule has 0 aliphatic heterocycles. The van der Waals surface area contributed by atoms with Gasteiger partial charge >= 0.3 is 0 Å². The summed E-state index contributed by atoms with van der Waals surface area (Å²) in [5, 5.41) is 2.82. The number of benzene rings is 2. The van der Waals surface area contributed by atoms with Gasteiger partial charge in [-0.15, -0.1) is 0 Å². The second-order valence-electron chi connectivity index (χ2n) is 5.08. The van der Waals surface area contributed by atoms with E-state index in [0.717, 1.165) is 6.07 Å². The van der Waals surface area contributed by atoms with Crippen molar-refractivity contribution in [3.05, 3.63) is 64.4 Å². The van der Waals surface area contributed by atoms with Crippen molar-refractivity contribution >= 4 is 23.4 Å². The molecule has 24 heavy (non-hydrogen) atoms. The minimum absolute atomic E-state index is 0.124. The highest BCUT2D eigenvalue weighted by Crippen LogP contribution is 2.25. The van der Waals surface area contributed by atoms with Gasteiger partial charge in [0.05, 0.1) is 17.7 Å². The normalized spacial score (nSPS) is 11.6. The van der Waals surface area contributed by atoms with Crippen LogP contribution in [0.2, 0.25) is 5.02 Å². The summed E-state index contributed by atoms with van der Waals surface area (Å²) >= 11 is 6.04. The van der Waals surface area contributed by atoms with Crippen LogP contribution in [0.15, 0.2) is 42.5 Å². The van der Waals surface area contributed by atoms with E-state index in [1.165, 1.54) is 25.3 Å². The van der Waals surface area contributed by atoms with E-state index in [2.05, 4.69) is 5.32 Å². The van der Waals surface area contributed by atoms with E-state index in [1.54, 1.807) is 18.2 Å². The van der Waals surface area contributed by atoms with Crippen molar-refractivity contribution in [1.82, 2.24) is 5.32 Å². The Hall–Kier alpha value is -2.60. The minimum atomic E-state index is -0.999. The van der Waals surface area contributed by atoms with Crippen LogP contribution in [-0.4, -0.2) is 25.0 Å². The summed E-state index contributed by atoms with van der Waals surface area (Å²) in [6.07, 6.45) is 0.124. The average molecular weight is 351 g/mol. The maximum absolute atomic E-state index is 13.6. The summed E-state index contributed by atoms with van der Waals surface area (Å²) in [5.74, 6) is -1.62. The smallest absolute Gasteiger partial charge is 0.254 e. The number of rotatable bonds is 6. The van der Waals surface area contributed by atoms with Gasteiger partial charge in [0, 0.05) is 6.42 Å². The number of amides is 2. The lowest BCUT2D eigenvalue weighted by Gasteiger charge is -2.16. The third-order valence-corrected chi connectivity index (χ3v) is 3.72. The van der Waals surface area contributed by atoms with Gasteiger partial charge in [-0.1, -0.05) is 29.8 Å². The fourth-order valence-corrected chi connectivity index (χ4v) is 2.46. The number of nitrogens with two attached hydrogens (primary N) is 1. The lowest BCUT2D eigenvalue weighted by atomic mass is 10.0. The fourth-order valence-electron chi connectivity index (χ4n) is 2.18. The summed E-state index contributed by atoms with van der Waals surface area (Å²) in [6, 6.07) is 9.46. The van der Waals surface area contributed by atoms with Gasteiger partial charge < -0.3 is 15.8 Å². The molecule has 0 heterocycles. The lowest BCUT2D eigenvalue weighted by molar-refractivity contribution is -0.119. The summed E-state index contributed by atoms with van der Waals surface area (Å²) in [6.45, 7) is 0. The van der Waals surface area contributed by atoms with Crippen LogP contribution in [0.1, 0.15) is 15.9 Å². The van der Waals surface area contributed by atoms with Crippen LogP contribution in [0.5, 0.6) is 5.75 Å². The number of hydrogen-bond donors (Lipinski definition) is 2. The topological polar surface area (TPSA) is 81.4 Å². The third kappa shape index (κ3) is 4.23. The second-order valence-corrected chi connectivity index (χ2v) is 5.49. The SMILES string of the molecule is COc1ccc(C[C@H](NC(=O)c2ccccc2F)C(N)=O)cc1Cl. The molecule has 5 nitrogen and oxygen atoms in total. The highest BCUT2D eigenvalue weighted by atomic mass is 35.5. The molecule has 3 N–H and O–H groups in total. The Bertz CT molecular complexity index is 767. The molecule has 126 valence electrons. The summed E-state index contributed by atoms with van der Waals surface area (Å²) in [5.41, 5.74) is 5.86. The zero-order chi connectivity index (χ0) is 17.7. The Morgan fingerprint density at radius 3 is 2.58 bits per heavy atom. The zero-order valence-corrected chi connectivity index (χ0v) is 13.6. The molecule has 1 atom stereocenters. The lowest BCUT2D eigenvalue weighted by Crippen LogP contribution is -2.46. The summed E-state index contributed by atoms with van der Waals surface area (Å²) in [7, 11) is 1.49. The first-order valence-electron chi connectivity index (χ1n) is 7.09. The largest absolute Gasteiger partial charge is 0.495 e. The van der Waals surface area contributed by atoms with Crippen LogP contribution < -0.4 is 15.8 Å². The number of nitrogens with one attached hydrogen (secondary N) is 1. The molecule has 0 aliphatic rings. The third-order valence-electron chi connectivity index (χ3n) is 3.42. The van der Waals surface area contributed by atoms with E-state index in [-0.39, 0.29) is 12.0 Å². The van der Waals surface area contributed by atoms with E-state index >= 15 is 0 Å². The Morgan fingerprint density at radius 2 is 2.00 bits per heavy atom. The van der Waals surface area contributed by atoms with Gasteiger partial charge in [-0.2, -0.15) is 0 Å². The van der Waals surface area contributed by atoms with Crippen LogP contribution in [0.4, 0.5) is 4.39 Å². The number of methoxy groups -OCH3 is 1. The van der Waals surface area contributed by atoms with Crippen LogP contribution in [0.25, 0.3) is 0 Å². The zero-order valence-electron chi connectivity index (χ0n) is 12.9. The van der Waals surface area contributed by atoms with Crippen LogP contribution >= 0.6 is 11.6 Å². The molecule has 0 bridgehead atoms. The minimum Gasteiger partial charge on any atom is -0.495 e. The molecule has 0 saturated heterocycles. The molecule has 0 saturated carbocycles. The number of hydrogen-bond acceptors (Lipinski definition) is 3. The first-order valence-corrected chi connectivity index (χ1v) is 7.47. The van der Waals surface area contributed by atoms with Gasteiger partial charge in [0.2, 0.25) is 5.91 Å². The van der Waals surface area contributed by atoms with E-state index < -0.39 is 23.7 Å². The number of ether oxygens (including phenoxy) is 1. The van der Waals surface area contributed by atoms with Crippen molar-refractivity contribution < 1.29 is 18.7 Å². The Balaban J connectivity index is 2.15. The number of halogens is 2. The van der Waals surface area contributed by atoms with Gasteiger partial charge in [-0.05, 0) is 29.8 Å². The van der Waals surface area contributed by atoms with Crippen molar-refractivity contribution in [3.8, 4) is 5.75 Å². The molecule has 0 spiro atoms. The van der Waals surface area contributed by atoms with Crippen LogP contribution in [0, 0.1) is 5.82 Å². The molecule has 0 aromatic heterocycles. The van der Waals surface area contributed by atoms with Gasteiger partial charge in [0.25, 0.3) is 5.91 Å².